The lowest BCUT2D eigenvalue weighted by Gasteiger charge is -2.15. The molecule has 2 N–H and O–H groups in total. The lowest BCUT2D eigenvalue weighted by molar-refractivity contribution is 0.0912. The van der Waals surface area contributed by atoms with Crippen molar-refractivity contribution in [1.82, 2.24) is 10.3 Å². The Hall–Kier alpha value is -0.840. The van der Waals surface area contributed by atoms with Gasteiger partial charge in [0, 0.05) is 12.5 Å². The zero-order valence-electron chi connectivity index (χ0n) is 9.70. The van der Waals surface area contributed by atoms with E-state index in [9.17, 15) is 9.90 Å². The third-order valence-electron chi connectivity index (χ3n) is 3.17. The second kappa shape index (κ2) is 5.87. The largest absolute Gasteiger partial charge is 0.393 e. The Morgan fingerprint density at radius 1 is 1.44 bits per heavy atom. The zero-order chi connectivity index (χ0) is 13.1. The highest BCUT2D eigenvalue weighted by molar-refractivity contribution is 6.34. The number of nitrogens with zero attached hydrogens (tertiary/aromatic N) is 1. The molecule has 1 aliphatic rings. The smallest absolute Gasteiger partial charge is 0.271 e. The third-order valence-corrected chi connectivity index (χ3v) is 3.69. The average molecular weight is 289 g/mol. The van der Waals surface area contributed by atoms with Crippen molar-refractivity contribution in [2.24, 2.45) is 5.92 Å². The monoisotopic (exact) mass is 288 g/mol. The molecule has 18 heavy (non-hydrogen) atoms. The minimum absolute atomic E-state index is 0.118. The van der Waals surface area contributed by atoms with Gasteiger partial charge in [0.05, 0.1) is 11.1 Å². The van der Waals surface area contributed by atoms with Crippen molar-refractivity contribution < 1.29 is 9.90 Å². The molecule has 0 radical (unpaired) electrons. The van der Waals surface area contributed by atoms with Crippen LogP contribution in [-0.2, 0) is 0 Å². The highest BCUT2D eigenvalue weighted by Gasteiger charge is 2.25. The first-order chi connectivity index (χ1) is 8.58. The van der Waals surface area contributed by atoms with Crippen molar-refractivity contribution in [3.05, 3.63) is 28.0 Å². The molecule has 0 bridgehead atoms. The number of carbonyl (C=O) groups excluding carboxylic acids is 1. The highest BCUT2D eigenvalue weighted by atomic mass is 35.5. The van der Waals surface area contributed by atoms with E-state index >= 15 is 0 Å². The molecule has 1 aromatic heterocycles. The van der Waals surface area contributed by atoms with Gasteiger partial charge in [-0.25, -0.2) is 4.98 Å². The molecule has 98 valence electrons. The number of aliphatic hydroxyl groups excluding tert-OH is 1. The van der Waals surface area contributed by atoms with Crippen molar-refractivity contribution in [2.75, 3.05) is 6.54 Å². The summed E-state index contributed by atoms with van der Waals surface area (Å²) in [6.45, 7) is 0.435. The first kappa shape index (κ1) is 13.6. The Morgan fingerprint density at radius 3 is 2.89 bits per heavy atom. The number of aromatic nitrogens is 1. The lowest BCUT2D eigenvalue weighted by atomic mass is 10.1. The van der Waals surface area contributed by atoms with Gasteiger partial charge in [0.15, 0.2) is 0 Å². The van der Waals surface area contributed by atoms with Crippen molar-refractivity contribution in [3.8, 4) is 0 Å². The van der Waals surface area contributed by atoms with Gasteiger partial charge in [0.2, 0.25) is 0 Å². The predicted molar refractivity (Wildman–Crippen MR) is 69.9 cm³/mol. The fourth-order valence-electron chi connectivity index (χ4n) is 2.14. The van der Waals surface area contributed by atoms with Crippen LogP contribution < -0.4 is 5.32 Å². The fourth-order valence-corrected chi connectivity index (χ4v) is 2.48. The third kappa shape index (κ3) is 3.13. The van der Waals surface area contributed by atoms with Crippen LogP contribution in [0, 0.1) is 5.92 Å². The molecule has 1 aliphatic carbocycles. The first-order valence-corrected chi connectivity index (χ1v) is 6.62. The highest BCUT2D eigenvalue weighted by Crippen LogP contribution is 2.25. The van der Waals surface area contributed by atoms with E-state index in [1.165, 1.54) is 12.1 Å². The molecule has 1 amide bonds. The van der Waals surface area contributed by atoms with E-state index in [0.717, 1.165) is 19.3 Å². The molecule has 0 aliphatic heterocycles. The maximum absolute atomic E-state index is 11.9. The summed E-state index contributed by atoms with van der Waals surface area (Å²) in [7, 11) is 0. The van der Waals surface area contributed by atoms with Gasteiger partial charge < -0.3 is 10.4 Å². The van der Waals surface area contributed by atoms with Crippen LogP contribution in [0.3, 0.4) is 0 Å². The summed E-state index contributed by atoms with van der Waals surface area (Å²) in [5, 5.41) is 12.9. The minimum atomic E-state index is -0.360. The van der Waals surface area contributed by atoms with Gasteiger partial charge in [-0.3, -0.25) is 4.79 Å². The number of rotatable bonds is 3. The summed E-state index contributed by atoms with van der Waals surface area (Å²) >= 11 is 11.6. The Labute approximate surface area is 115 Å². The molecule has 1 aromatic rings. The van der Waals surface area contributed by atoms with Crippen molar-refractivity contribution in [3.63, 3.8) is 0 Å². The van der Waals surface area contributed by atoms with E-state index in [1.54, 1.807) is 0 Å². The van der Waals surface area contributed by atoms with Gasteiger partial charge >= 0.3 is 0 Å². The number of carbonyl (C=O) groups is 1. The number of aliphatic hydroxyl groups is 1. The lowest BCUT2D eigenvalue weighted by Crippen LogP contribution is -2.33. The molecule has 2 rings (SSSR count). The Balaban J connectivity index is 1.97. The van der Waals surface area contributed by atoms with Crippen LogP contribution in [0.4, 0.5) is 0 Å². The summed E-state index contributed by atoms with van der Waals surface area (Å²) in [5.41, 5.74) is 0.122. The Morgan fingerprint density at radius 2 is 2.22 bits per heavy atom. The van der Waals surface area contributed by atoms with Gasteiger partial charge in [-0.15, -0.1) is 0 Å². The second-order valence-electron chi connectivity index (χ2n) is 4.43. The molecule has 1 saturated carbocycles. The van der Waals surface area contributed by atoms with E-state index < -0.39 is 0 Å². The molecule has 2 atom stereocenters. The molecular formula is C12H14Cl2N2O2. The van der Waals surface area contributed by atoms with Crippen molar-refractivity contribution in [2.45, 2.75) is 25.4 Å². The Bertz CT molecular complexity index is 454. The predicted octanol–water partition coefficient (Wildman–Crippen LogP) is 2.28. The van der Waals surface area contributed by atoms with E-state index in [1.807, 2.05) is 0 Å². The summed E-state index contributed by atoms with van der Waals surface area (Å²) in [6.07, 6.45) is 2.40. The summed E-state index contributed by atoms with van der Waals surface area (Å²) in [4.78, 5) is 15.8. The number of halogens is 2. The molecule has 0 aromatic carbocycles. The van der Waals surface area contributed by atoms with Gasteiger partial charge in [-0.05, 0) is 25.0 Å². The summed E-state index contributed by atoms with van der Waals surface area (Å²) in [6, 6.07) is 3.07. The molecular weight excluding hydrogens is 275 g/mol. The van der Waals surface area contributed by atoms with E-state index in [2.05, 4.69) is 10.3 Å². The van der Waals surface area contributed by atoms with Crippen LogP contribution in [0.5, 0.6) is 0 Å². The standard InChI is InChI=1S/C12H14Cl2N2O2/c13-8-4-5-10(14)16-11(8)12(18)15-6-7-2-1-3-9(7)17/h4-5,7,9,17H,1-3,6H2,(H,15,18). The minimum Gasteiger partial charge on any atom is -0.393 e. The molecule has 2 unspecified atom stereocenters. The summed E-state index contributed by atoms with van der Waals surface area (Å²) in [5.74, 6) is -0.242. The number of pyridine rings is 1. The van der Waals surface area contributed by atoms with Crippen LogP contribution in [0.25, 0.3) is 0 Å². The van der Waals surface area contributed by atoms with E-state index in [0.29, 0.717) is 6.54 Å². The second-order valence-corrected chi connectivity index (χ2v) is 5.23. The van der Waals surface area contributed by atoms with Crippen molar-refractivity contribution >= 4 is 29.1 Å². The van der Waals surface area contributed by atoms with Gasteiger partial charge in [0.25, 0.3) is 5.91 Å². The van der Waals surface area contributed by atoms with E-state index in [4.69, 9.17) is 23.2 Å². The first-order valence-electron chi connectivity index (χ1n) is 5.86. The molecule has 4 nitrogen and oxygen atoms in total. The number of hydrogen-bond acceptors (Lipinski definition) is 3. The van der Waals surface area contributed by atoms with E-state index in [-0.39, 0.29) is 33.8 Å². The normalized spacial score (nSPS) is 23.1. The Kier molecular flexibility index (Phi) is 4.43. The number of nitrogens with one attached hydrogen (secondary N) is 1. The van der Waals surface area contributed by atoms with Crippen LogP contribution in [0.15, 0.2) is 12.1 Å². The fraction of sp³-hybridized carbons (Fsp3) is 0.500. The number of hydrogen-bond donors (Lipinski definition) is 2. The van der Waals surface area contributed by atoms with Crippen LogP contribution in [0.2, 0.25) is 10.2 Å². The maximum atomic E-state index is 11.9. The molecule has 0 saturated heterocycles. The molecule has 6 heteroatoms. The van der Waals surface area contributed by atoms with Crippen molar-refractivity contribution in [1.29, 1.82) is 0 Å². The van der Waals surface area contributed by atoms with Gasteiger partial charge in [0.1, 0.15) is 10.8 Å². The molecule has 1 heterocycles. The average Bonchev–Trinajstić information content (AvgIpc) is 2.75. The molecule has 0 spiro atoms. The quantitative estimate of drug-likeness (QED) is 0.839. The van der Waals surface area contributed by atoms with Crippen LogP contribution >= 0.6 is 23.2 Å². The summed E-state index contributed by atoms with van der Waals surface area (Å²) < 4.78 is 0. The van der Waals surface area contributed by atoms with Gasteiger partial charge in [-0.2, -0.15) is 0 Å². The van der Waals surface area contributed by atoms with Gasteiger partial charge in [-0.1, -0.05) is 29.6 Å². The number of amides is 1. The SMILES string of the molecule is O=C(NCC1CCCC1O)c1nc(Cl)ccc1Cl. The van der Waals surface area contributed by atoms with Crippen LogP contribution in [0.1, 0.15) is 29.8 Å². The molecule has 1 fully saturated rings. The zero-order valence-corrected chi connectivity index (χ0v) is 11.2. The van der Waals surface area contributed by atoms with Crippen LogP contribution in [-0.4, -0.2) is 28.6 Å². The maximum Gasteiger partial charge on any atom is 0.271 e. The topological polar surface area (TPSA) is 62.2 Å².